The summed E-state index contributed by atoms with van der Waals surface area (Å²) in [6.45, 7) is 3.06. The van der Waals surface area contributed by atoms with Crippen LogP contribution in [0.4, 0.5) is 0 Å². The average Bonchev–Trinajstić information content (AvgIpc) is 3.41. The molecule has 2 heterocycles. The Kier molecular flexibility index (Phi) is 5.03. The highest BCUT2D eigenvalue weighted by atomic mass is 35.5. The van der Waals surface area contributed by atoms with Gasteiger partial charge < -0.3 is 14.4 Å². The van der Waals surface area contributed by atoms with Crippen molar-refractivity contribution >= 4 is 17.5 Å². The van der Waals surface area contributed by atoms with Crippen molar-refractivity contribution in [2.45, 2.75) is 50.2 Å². The van der Waals surface area contributed by atoms with Gasteiger partial charge >= 0.3 is 0 Å². The summed E-state index contributed by atoms with van der Waals surface area (Å²) in [5, 5.41) is 0.738. The molecule has 5 heteroatoms. The highest BCUT2D eigenvalue weighted by molar-refractivity contribution is 6.31. The molecule has 4 rings (SSSR count). The summed E-state index contributed by atoms with van der Waals surface area (Å²) >= 11 is 6.17. The van der Waals surface area contributed by atoms with Gasteiger partial charge in [0, 0.05) is 31.1 Å². The maximum atomic E-state index is 12.4. The molecule has 1 aromatic carbocycles. The Balaban J connectivity index is 1.23. The molecule has 0 N–H and O–H groups in total. The molecule has 1 aliphatic carbocycles. The fourth-order valence-electron chi connectivity index (χ4n) is 3.83. The summed E-state index contributed by atoms with van der Waals surface area (Å²) in [4.78, 5) is 14.4. The van der Waals surface area contributed by atoms with Gasteiger partial charge in [-0.3, -0.25) is 4.79 Å². The van der Waals surface area contributed by atoms with E-state index in [2.05, 4.69) is 0 Å². The van der Waals surface area contributed by atoms with Gasteiger partial charge in [0.15, 0.2) is 0 Å². The molecular weight excluding hydrogens is 338 g/mol. The third kappa shape index (κ3) is 4.18. The quantitative estimate of drug-likeness (QED) is 0.777. The van der Waals surface area contributed by atoms with Crippen molar-refractivity contribution in [1.29, 1.82) is 0 Å². The molecule has 0 aromatic heterocycles. The minimum atomic E-state index is -0.160. The van der Waals surface area contributed by atoms with Gasteiger partial charge in [0.2, 0.25) is 5.91 Å². The second kappa shape index (κ2) is 7.26. The maximum Gasteiger partial charge on any atom is 0.223 e. The van der Waals surface area contributed by atoms with Gasteiger partial charge in [-0.05, 0) is 43.2 Å². The Bertz CT molecular complexity index is 625. The van der Waals surface area contributed by atoms with Crippen LogP contribution in [0.1, 0.15) is 37.7 Å². The molecule has 2 aliphatic heterocycles. The number of carbonyl (C=O) groups excluding carboxylic acids is 1. The molecule has 1 atom stereocenters. The van der Waals surface area contributed by atoms with Gasteiger partial charge in [0.1, 0.15) is 5.60 Å². The molecule has 0 unspecified atom stereocenters. The molecule has 0 radical (unpaired) electrons. The van der Waals surface area contributed by atoms with Crippen molar-refractivity contribution in [3.63, 3.8) is 0 Å². The molecule has 1 amide bonds. The van der Waals surface area contributed by atoms with Crippen molar-refractivity contribution in [1.82, 2.24) is 4.90 Å². The zero-order chi connectivity index (χ0) is 17.3. The molecule has 3 fully saturated rings. The first kappa shape index (κ1) is 17.3. The lowest BCUT2D eigenvalue weighted by Crippen LogP contribution is -2.67. The monoisotopic (exact) mass is 363 g/mol. The van der Waals surface area contributed by atoms with Crippen molar-refractivity contribution in [2.24, 2.45) is 5.92 Å². The molecule has 2 saturated heterocycles. The predicted octanol–water partition coefficient (Wildman–Crippen LogP) is 3.46. The zero-order valence-electron chi connectivity index (χ0n) is 14.6. The molecule has 25 heavy (non-hydrogen) atoms. The van der Waals surface area contributed by atoms with E-state index in [1.807, 2.05) is 29.2 Å². The highest BCUT2D eigenvalue weighted by Crippen LogP contribution is 2.37. The van der Waals surface area contributed by atoms with Crippen molar-refractivity contribution in [3.05, 3.63) is 34.9 Å². The summed E-state index contributed by atoms with van der Waals surface area (Å²) in [6, 6.07) is 7.73. The highest BCUT2D eigenvalue weighted by Gasteiger charge is 2.49. The van der Waals surface area contributed by atoms with E-state index in [9.17, 15) is 4.79 Å². The molecule has 3 aliphatic rings. The van der Waals surface area contributed by atoms with E-state index < -0.39 is 0 Å². The van der Waals surface area contributed by atoms with Crippen LogP contribution in [0.3, 0.4) is 0 Å². The van der Waals surface area contributed by atoms with Crippen LogP contribution >= 0.6 is 11.6 Å². The predicted molar refractivity (Wildman–Crippen MR) is 96.7 cm³/mol. The van der Waals surface area contributed by atoms with Gasteiger partial charge in [0.25, 0.3) is 0 Å². The Labute approximate surface area is 154 Å². The van der Waals surface area contributed by atoms with E-state index in [1.165, 1.54) is 12.8 Å². The van der Waals surface area contributed by atoms with Crippen molar-refractivity contribution < 1.29 is 14.3 Å². The normalized spacial score (nSPS) is 25.0. The third-order valence-corrected chi connectivity index (χ3v) is 5.96. The maximum absolute atomic E-state index is 12.4. The van der Waals surface area contributed by atoms with E-state index in [4.69, 9.17) is 21.1 Å². The number of likely N-dealkylation sites (tertiary alicyclic amines) is 1. The Morgan fingerprint density at radius 1 is 1.28 bits per heavy atom. The van der Waals surface area contributed by atoms with Crippen LogP contribution in [0.2, 0.25) is 5.02 Å². The van der Waals surface area contributed by atoms with Crippen LogP contribution in [0.25, 0.3) is 0 Å². The Morgan fingerprint density at radius 3 is 2.84 bits per heavy atom. The molecule has 0 bridgehead atoms. The summed E-state index contributed by atoms with van der Waals surface area (Å²) in [6.07, 6.45) is 6.04. The standard InChI is InChI=1S/C20H26ClNO3/c21-18-4-2-1-3-16(18)7-8-19(23)22-13-20(14-22)11-17(9-10-25-20)24-12-15-5-6-15/h1-4,15,17H,5-14H2/t17-/m1/s1. The number of aryl methyl sites for hydroxylation is 1. The number of carbonyl (C=O) groups is 1. The minimum absolute atomic E-state index is 0.160. The molecule has 1 saturated carbocycles. The first-order valence-electron chi connectivity index (χ1n) is 9.40. The fraction of sp³-hybridized carbons (Fsp3) is 0.650. The number of nitrogens with zero attached hydrogens (tertiary/aromatic N) is 1. The van der Waals surface area contributed by atoms with Gasteiger partial charge in [-0.2, -0.15) is 0 Å². The smallest absolute Gasteiger partial charge is 0.223 e. The molecular formula is C20H26ClNO3. The average molecular weight is 364 g/mol. The van der Waals surface area contributed by atoms with Gasteiger partial charge in [0.05, 0.1) is 19.2 Å². The first-order chi connectivity index (χ1) is 12.1. The Morgan fingerprint density at radius 2 is 2.08 bits per heavy atom. The van der Waals surface area contributed by atoms with E-state index in [1.54, 1.807) is 0 Å². The number of rotatable bonds is 6. The largest absolute Gasteiger partial charge is 0.378 e. The van der Waals surface area contributed by atoms with Gasteiger partial charge in [-0.1, -0.05) is 29.8 Å². The van der Waals surface area contributed by atoms with Gasteiger partial charge in [-0.15, -0.1) is 0 Å². The third-order valence-electron chi connectivity index (χ3n) is 5.59. The summed E-state index contributed by atoms with van der Waals surface area (Å²) in [7, 11) is 0. The second-order valence-electron chi connectivity index (χ2n) is 7.76. The first-order valence-corrected chi connectivity index (χ1v) is 9.78. The number of halogens is 1. The number of benzene rings is 1. The van der Waals surface area contributed by atoms with Crippen LogP contribution in [0.5, 0.6) is 0 Å². The van der Waals surface area contributed by atoms with E-state index in [-0.39, 0.29) is 11.5 Å². The lowest BCUT2D eigenvalue weighted by Gasteiger charge is -2.53. The number of amides is 1. The Hall–Kier alpha value is -1.10. The van der Waals surface area contributed by atoms with Crippen LogP contribution in [0, 0.1) is 5.92 Å². The van der Waals surface area contributed by atoms with Crippen LogP contribution in [-0.4, -0.2) is 48.8 Å². The van der Waals surface area contributed by atoms with Crippen molar-refractivity contribution in [2.75, 3.05) is 26.3 Å². The summed E-state index contributed by atoms with van der Waals surface area (Å²) in [5.74, 6) is 0.984. The molecule has 1 spiro atoms. The summed E-state index contributed by atoms with van der Waals surface area (Å²) in [5.41, 5.74) is 0.877. The summed E-state index contributed by atoms with van der Waals surface area (Å²) < 4.78 is 12.1. The van der Waals surface area contributed by atoms with Crippen LogP contribution in [0.15, 0.2) is 24.3 Å². The lowest BCUT2D eigenvalue weighted by molar-refractivity contribution is -0.201. The minimum Gasteiger partial charge on any atom is -0.378 e. The number of hydrogen-bond acceptors (Lipinski definition) is 3. The zero-order valence-corrected chi connectivity index (χ0v) is 15.3. The lowest BCUT2D eigenvalue weighted by atomic mass is 9.84. The van der Waals surface area contributed by atoms with Gasteiger partial charge in [-0.25, -0.2) is 0 Å². The second-order valence-corrected chi connectivity index (χ2v) is 8.17. The van der Waals surface area contributed by atoms with E-state index in [0.717, 1.165) is 42.6 Å². The fourth-order valence-corrected chi connectivity index (χ4v) is 4.06. The number of hydrogen-bond donors (Lipinski definition) is 0. The van der Waals surface area contributed by atoms with Crippen molar-refractivity contribution in [3.8, 4) is 0 Å². The molecule has 4 nitrogen and oxygen atoms in total. The SMILES string of the molecule is O=C(CCc1ccccc1Cl)N1CC2(C[C@H](OCC3CC3)CCO2)C1. The van der Waals surface area contributed by atoms with Crippen LogP contribution in [-0.2, 0) is 20.7 Å². The molecule has 1 aromatic rings. The number of ether oxygens (including phenoxy) is 2. The topological polar surface area (TPSA) is 38.8 Å². The van der Waals surface area contributed by atoms with E-state index >= 15 is 0 Å². The van der Waals surface area contributed by atoms with E-state index in [0.29, 0.717) is 32.0 Å². The van der Waals surface area contributed by atoms with Crippen LogP contribution < -0.4 is 0 Å². The molecule has 136 valence electrons.